The minimum atomic E-state index is -4.38. The number of carbonyl (C=O) groups excluding carboxylic acids is 1. The first-order valence-corrected chi connectivity index (χ1v) is 9.30. The summed E-state index contributed by atoms with van der Waals surface area (Å²) in [5.41, 5.74) is 0.934. The number of ether oxygens (including phenoxy) is 1. The first-order chi connectivity index (χ1) is 13.4. The van der Waals surface area contributed by atoms with E-state index in [1.807, 2.05) is 0 Å². The zero-order chi connectivity index (χ0) is 20.0. The first kappa shape index (κ1) is 20.4. The second-order valence-electron chi connectivity index (χ2n) is 6.68. The second-order valence-corrected chi connectivity index (χ2v) is 6.68. The number of benzene rings is 2. The molecule has 1 amide bonds. The third kappa shape index (κ3) is 5.33. The van der Waals surface area contributed by atoms with Gasteiger partial charge in [0.05, 0.1) is 18.8 Å². The maximum atomic E-state index is 12.8. The van der Waals surface area contributed by atoms with Gasteiger partial charge in [-0.3, -0.25) is 9.69 Å². The number of hydrogen-bond acceptors (Lipinski definition) is 3. The maximum Gasteiger partial charge on any atom is 0.416 e. The summed E-state index contributed by atoms with van der Waals surface area (Å²) in [4.78, 5) is 14.9. The van der Waals surface area contributed by atoms with Crippen LogP contribution in [0.15, 0.2) is 48.5 Å². The van der Waals surface area contributed by atoms with E-state index in [1.54, 1.807) is 24.3 Å². The molecule has 1 N–H and O–H groups in total. The van der Waals surface area contributed by atoms with Gasteiger partial charge in [0.1, 0.15) is 0 Å². The lowest BCUT2D eigenvalue weighted by molar-refractivity contribution is -0.137. The summed E-state index contributed by atoms with van der Waals surface area (Å²) in [5.74, 6) is -0.225. The quantitative estimate of drug-likeness (QED) is 0.760. The lowest BCUT2D eigenvalue weighted by Gasteiger charge is -2.26. The molecule has 0 spiro atoms. The van der Waals surface area contributed by atoms with Crippen molar-refractivity contribution in [3.63, 3.8) is 0 Å². The Balaban J connectivity index is 1.62. The van der Waals surface area contributed by atoms with E-state index in [-0.39, 0.29) is 5.91 Å². The second kappa shape index (κ2) is 9.21. The van der Waals surface area contributed by atoms with Gasteiger partial charge in [0.25, 0.3) is 5.91 Å². The first-order valence-electron chi connectivity index (χ1n) is 9.30. The maximum absolute atomic E-state index is 12.8. The molecule has 1 heterocycles. The number of nitrogens with one attached hydrogen (secondary N) is 1. The number of halogens is 3. The summed E-state index contributed by atoms with van der Waals surface area (Å²) in [6.07, 6.45) is -3.55. The Kier molecular flexibility index (Phi) is 6.70. The van der Waals surface area contributed by atoms with E-state index in [0.29, 0.717) is 23.2 Å². The van der Waals surface area contributed by atoms with Gasteiger partial charge in [-0.2, -0.15) is 13.2 Å². The van der Waals surface area contributed by atoms with Gasteiger partial charge in [0.15, 0.2) is 0 Å². The van der Waals surface area contributed by atoms with Crippen molar-refractivity contribution in [1.29, 1.82) is 0 Å². The van der Waals surface area contributed by atoms with Crippen molar-refractivity contribution in [2.45, 2.75) is 12.6 Å². The molecule has 4 nitrogen and oxygen atoms in total. The van der Waals surface area contributed by atoms with Gasteiger partial charge in [0.2, 0.25) is 0 Å². The molecule has 0 radical (unpaired) electrons. The number of morpholine rings is 1. The fourth-order valence-electron chi connectivity index (χ4n) is 3.20. The number of nitrogens with zero attached hydrogens (tertiary/aromatic N) is 1. The number of alkyl halides is 3. The zero-order valence-electron chi connectivity index (χ0n) is 15.5. The van der Waals surface area contributed by atoms with E-state index in [2.05, 4.69) is 10.2 Å². The van der Waals surface area contributed by atoms with Crippen LogP contribution < -0.4 is 5.32 Å². The van der Waals surface area contributed by atoms with Crippen molar-refractivity contribution in [2.24, 2.45) is 0 Å². The topological polar surface area (TPSA) is 41.6 Å². The molecule has 2 aromatic rings. The minimum Gasteiger partial charge on any atom is -0.379 e. The average Bonchev–Trinajstić information content (AvgIpc) is 2.71. The molecule has 1 aliphatic rings. The molecule has 2 aromatic carbocycles. The number of rotatable bonds is 6. The van der Waals surface area contributed by atoms with E-state index < -0.39 is 11.7 Å². The highest BCUT2D eigenvalue weighted by atomic mass is 19.4. The summed E-state index contributed by atoms with van der Waals surface area (Å²) < 4.78 is 43.6. The van der Waals surface area contributed by atoms with E-state index in [0.717, 1.165) is 51.4 Å². The Hall–Kier alpha value is -2.38. The van der Waals surface area contributed by atoms with Gasteiger partial charge >= 0.3 is 6.18 Å². The van der Waals surface area contributed by atoms with Gasteiger partial charge < -0.3 is 10.1 Å². The molecule has 7 heteroatoms. The molecule has 3 rings (SSSR count). The van der Waals surface area contributed by atoms with Crippen LogP contribution in [0.5, 0.6) is 0 Å². The van der Waals surface area contributed by atoms with Gasteiger partial charge in [-0.05, 0) is 42.3 Å². The number of carbonyl (C=O) groups is 1. The molecule has 0 aromatic heterocycles. The lowest BCUT2D eigenvalue weighted by atomic mass is 9.98. The third-order valence-electron chi connectivity index (χ3n) is 4.74. The number of amides is 1. The molecule has 0 bridgehead atoms. The van der Waals surface area contributed by atoms with E-state index >= 15 is 0 Å². The largest absolute Gasteiger partial charge is 0.416 e. The summed E-state index contributed by atoms with van der Waals surface area (Å²) in [7, 11) is 0. The normalized spacial score (nSPS) is 15.4. The van der Waals surface area contributed by atoms with E-state index in [4.69, 9.17) is 4.74 Å². The van der Waals surface area contributed by atoms with Crippen molar-refractivity contribution >= 4 is 5.91 Å². The van der Waals surface area contributed by atoms with Crippen molar-refractivity contribution in [3.05, 3.63) is 59.7 Å². The lowest BCUT2D eigenvalue weighted by Crippen LogP contribution is -2.38. The SMILES string of the molecule is O=C(NCCCN1CCOCC1)c1ccccc1-c1ccc(C(F)(F)F)cc1. The molecular weight excluding hydrogens is 369 g/mol. The number of hydrogen-bond donors (Lipinski definition) is 1. The molecule has 28 heavy (non-hydrogen) atoms. The van der Waals surface area contributed by atoms with Gasteiger partial charge in [-0.1, -0.05) is 30.3 Å². The van der Waals surface area contributed by atoms with Crippen molar-refractivity contribution in [3.8, 4) is 11.1 Å². The van der Waals surface area contributed by atoms with Crippen LogP contribution in [0.4, 0.5) is 13.2 Å². The predicted molar refractivity (Wildman–Crippen MR) is 101 cm³/mol. The zero-order valence-corrected chi connectivity index (χ0v) is 15.5. The summed E-state index contributed by atoms with van der Waals surface area (Å²) in [6.45, 7) is 4.73. The summed E-state index contributed by atoms with van der Waals surface area (Å²) in [5, 5.41) is 2.91. The van der Waals surface area contributed by atoms with Gasteiger partial charge in [0, 0.05) is 25.2 Å². The molecule has 0 unspecified atom stereocenters. The average molecular weight is 392 g/mol. The van der Waals surface area contributed by atoms with Gasteiger partial charge in [-0.15, -0.1) is 0 Å². The Morgan fingerprint density at radius 2 is 1.71 bits per heavy atom. The molecular formula is C21H23F3N2O2. The Labute approximate surface area is 162 Å². The summed E-state index contributed by atoms with van der Waals surface area (Å²) in [6, 6.07) is 11.8. The molecule has 0 saturated carbocycles. The Bertz CT molecular complexity index is 785. The molecule has 0 aliphatic carbocycles. The minimum absolute atomic E-state index is 0.225. The molecule has 150 valence electrons. The van der Waals surface area contributed by atoms with E-state index in [1.165, 1.54) is 12.1 Å². The summed E-state index contributed by atoms with van der Waals surface area (Å²) >= 11 is 0. The van der Waals surface area contributed by atoms with E-state index in [9.17, 15) is 18.0 Å². The van der Waals surface area contributed by atoms with Crippen LogP contribution in [-0.4, -0.2) is 50.2 Å². The molecule has 1 fully saturated rings. The highest BCUT2D eigenvalue weighted by molar-refractivity contribution is 6.00. The van der Waals surface area contributed by atoms with Crippen LogP contribution in [0.2, 0.25) is 0 Å². The molecule has 1 saturated heterocycles. The van der Waals surface area contributed by atoms with Crippen molar-refractivity contribution in [1.82, 2.24) is 10.2 Å². The van der Waals surface area contributed by atoms with Crippen LogP contribution in [0.1, 0.15) is 22.3 Å². The van der Waals surface area contributed by atoms with Gasteiger partial charge in [-0.25, -0.2) is 0 Å². The van der Waals surface area contributed by atoms with Crippen LogP contribution in [0.25, 0.3) is 11.1 Å². The predicted octanol–water partition coefficient (Wildman–Crippen LogP) is 3.82. The highest BCUT2D eigenvalue weighted by Crippen LogP contribution is 2.31. The third-order valence-corrected chi connectivity index (χ3v) is 4.74. The molecule has 1 aliphatic heterocycles. The standard InChI is InChI=1S/C21H23F3N2O2/c22-21(23,24)17-8-6-16(7-9-17)18-4-1-2-5-19(18)20(27)25-10-3-11-26-12-14-28-15-13-26/h1-2,4-9H,3,10-15H2,(H,25,27). The monoisotopic (exact) mass is 392 g/mol. The van der Waals surface area contributed by atoms with Crippen LogP contribution in [0, 0.1) is 0 Å². The van der Waals surface area contributed by atoms with Crippen molar-refractivity contribution in [2.75, 3.05) is 39.4 Å². The Morgan fingerprint density at radius 3 is 2.39 bits per heavy atom. The van der Waals surface area contributed by atoms with Crippen molar-refractivity contribution < 1.29 is 22.7 Å². The van der Waals surface area contributed by atoms with Crippen LogP contribution >= 0.6 is 0 Å². The molecule has 0 atom stereocenters. The van der Waals surface area contributed by atoms with Crippen LogP contribution in [-0.2, 0) is 10.9 Å². The fraction of sp³-hybridized carbons (Fsp3) is 0.381. The smallest absolute Gasteiger partial charge is 0.379 e. The Morgan fingerprint density at radius 1 is 1.04 bits per heavy atom. The highest BCUT2D eigenvalue weighted by Gasteiger charge is 2.30. The fourth-order valence-corrected chi connectivity index (χ4v) is 3.20. The van der Waals surface area contributed by atoms with Crippen LogP contribution in [0.3, 0.4) is 0 Å².